The maximum atomic E-state index is 12.1. The van der Waals surface area contributed by atoms with Crippen LogP contribution >= 0.6 is 0 Å². The normalized spacial score (nSPS) is 11.2. The van der Waals surface area contributed by atoms with Gasteiger partial charge in [0, 0.05) is 13.0 Å². The lowest BCUT2D eigenvalue weighted by Gasteiger charge is -2.08. The van der Waals surface area contributed by atoms with E-state index in [2.05, 4.69) is 14.9 Å². The summed E-state index contributed by atoms with van der Waals surface area (Å²) >= 11 is 0. The van der Waals surface area contributed by atoms with Gasteiger partial charge < -0.3 is 10.3 Å². The molecule has 0 fully saturated rings. The quantitative estimate of drug-likeness (QED) is 0.761. The minimum atomic E-state index is -3.75. The molecular formula is C12H13N5O3S. The maximum absolute atomic E-state index is 12.1. The number of sulfonamides is 1. The molecule has 0 bridgehead atoms. The van der Waals surface area contributed by atoms with Gasteiger partial charge in [0.05, 0.1) is 17.3 Å². The number of hydrogen-bond acceptors (Lipinski definition) is 7. The van der Waals surface area contributed by atoms with E-state index in [0.29, 0.717) is 17.3 Å². The van der Waals surface area contributed by atoms with Crippen LogP contribution in [0.3, 0.4) is 0 Å². The molecule has 0 aliphatic heterocycles. The number of nitriles is 1. The Labute approximate surface area is 121 Å². The van der Waals surface area contributed by atoms with Gasteiger partial charge >= 0.3 is 0 Å². The van der Waals surface area contributed by atoms with Crippen molar-refractivity contribution in [3.8, 4) is 6.07 Å². The van der Waals surface area contributed by atoms with Crippen LogP contribution in [-0.2, 0) is 16.4 Å². The highest BCUT2D eigenvalue weighted by Crippen LogP contribution is 2.19. The number of nitrogens with one attached hydrogen (secondary N) is 1. The summed E-state index contributed by atoms with van der Waals surface area (Å²) in [6.07, 6.45) is 0.274. The van der Waals surface area contributed by atoms with Gasteiger partial charge in [-0.15, -0.1) is 0 Å². The van der Waals surface area contributed by atoms with E-state index in [0.717, 1.165) is 0 Å². The van der Waals surface area contributed by atoms with Crippen molar-refractivity contribution >= 4 is 15.7 Å². The van der Waals surface area contributed by atoms with E-state index < -0.39 is 10.0 Å². The van der Waals surface area contributed by atoms with E-state index in [1.54, 1.807) is 6.92 Å². The van der Waals surface area contributed by atoms with Crippen LogP contribution in [-0.4, -0.2) is 25.1 Å². The average Bonchev–Trinajstić information content (AvgIpc) is 2.83. The van der Waals surface area contributed by atoms with Crippen LogP contribution in [0.15, 0.2) is 27.6 Å². The third-order valence-corrected chi connectivity index (χ3v) is 4.16. The molecule has 0 aliphatic carbocycles. The topological polar surface area (TPSA) is 135 Å². The van der Waals surface area contributed by atoms with E-state index in [-0.39, 0.29) is 23.5 Å². The highest BCUT2D eigenvalue weighted by Gasteiger charge is 2.17. The van der Waals surface area contributed by atoms with Crippen molar-refractivity contribution in [2.45, 2.75) is 18.2 Å². The van der Waals surface area contributed by atoms with Crippen molar-refractivity contribution in [2.75, 3.05) is 12.3 Å². The van der Waals surface area contributed by atoms with Gasteiger partial charge in [0.2, 0.25) is 15.9 Å². The largest absolute Gasteiger partial charge is 0.398 e. The Bertz CT molecular complexity index is 791. The standard InChI is InChI=1S/C12H13N5O3S/c1-8-16-12(20-17-8)4-5-15-21(18,19)11-3-2-9(7-13)6-10(11)14/h2-3,6,15H,4-5,14H2,1H3. The zero-order chi connectivity index (χ0) is 15.5. The molecule has 3 N–H and O–H groups in total. The van der Waals surface area contributed by atoms with Gasteiger partial charge in [-0.2, -0.15) is 10.2 Å². The summed E-state index contributed by atoms with van der Waals surface area (Å²) in [6.45, 7) is 1.78. The van der Waals surface area contributed by atoms with E-state index in [1.807, 2.05) is 6.07 Å². The van der Waals surface area contributed by atoms with Gasteiger partial charge in [0.25, 0.3) is 0 Å². The molecule has 1 heterocycles. The number of nitrogens with two attached hydrogens (primary N) is 1. The van der Waals surface area contributed by atoms with Crippen LogP contribution in [0.5, 0.6) is 0 Å². The molecule has 0 saturated carbocycles. The zero-order valence-corrected chi connectivity index (χ0v) is 12.0. The van der Waals surface area contributed by atoms with Gasteiger partial charge in [-0.05, 0) is 25.1 Å². The number of aromatic nitrogens is 2. The Balaban J connectivity index is 2.06. The summed E-state index contributed by atoms with van der Waals surface area (Å²) in [5.74, 6) is 0.840. The monoisotopic (exact) mass is 307 g/mol. The Kier molecular flexibility index (Phi) is 4.21. The van der Waals surface area contributed by atoms with Crippen LogP contribution in [0, 0.1) is 18.3 Å². The second-order valence-electron chi connectivity index (χ2n) is 4.25. The molecule has 0 amide bonds. The van der Waals surface area contributed by atoms with Crippen LogP contribution in [0.25, 0.3) is 0 Å². The molecule has 0 spiro atoms. The first-order valence-electron chi connectivity index (χ1n) is 6.01. The summed E-state index contributed by atoms with van der Waals surface area (Å²) in [4.78, 5) is 3.90. The van der Waals surface area contributed by atoms with Crippen LogP contribution in [0.1, 0.15) is 17.3 Å². The maximum Gasteiger partial charge on any atom is 0.242 e. The minimum Gasteiger partial charge on any atom is -0.398 e. The van der Waals surface area contributed by atoms with E-state index in [4.69, 9.17) is 15.5 Å². The molecule has 1 aromatic carbocycles. The Hall–Kier alpha value is -2.44. The third-order valence-electron chi connectivity index (χ3n) is 2.63. The summed E-state index contributed by atoms with van der Waals surface area (Å²) in [5.41, 5.74) is 5.98. The first kappa shape index (κ1) is 15.0. The van der Waals surface area contributed by atoms with Crippen molar-refractivity contribution in [2.24, 2.45) is 0 Å². The summed E-state index contributed by atoms with van der Waals surface area (Å²) < 4.78 is 31.5. The van der Waals surface area contributed by atoms with Gasteiger partial charge in [0.1, 0.15) is 4.90 Å². The van der Waals surface area contributed by atoms with Gasteiger partial charge in [0.15, 0.2) is 5.82 Å². The fourth-order valence-electron chi connectivity index (χ4n) is 1.67. The molecule has 0 saturated heterocycles. The lowest BCUT2D eigenvalue weighted by molar-refractivity contribution is 0.375. The zero-order valence-electron chi connectivity index (χ0n) is 11.2. The number of nitrogens with zero attached hydrogens (tertiary/aromatic N) is 3. The second kappa shape index (κ2) is 5.90. The average molecular weight is 307 g/mol. The third kappa shape index (κ3) is 3.56. The molecule has 9 heteroatoms. The number of aryl methyl sites for hydroxylation is 1. The molecule has 0 unspecified atom stereocenters. The number of rotatable bonds is 5. The summed E-state index contributed by atoms with van der Waals surface area (Å²) in [5, 5.41) is 12.3. The minimum absolute atomic E-state index is 0.0233. The Morgan fingerprint density at radius 1 is 1.48 bits per heavy atom. The molecule has 2 rings (SSSR count). The van der Waals surface area contributed by atoms with E-state index >= 15 is 0 Å². The Morgan fingerprint density at radius 2 is 2.24 bits per heavy atom. The van der Waals surface area contributed by atoms with Crippen molar-refractivity contribution in [3.63, 3.8) is 0 Å². The Morgan fingerprint density at radius 3 is 2.81 bits per heavy atom. The predicted octanol–water partition coefficient (Wildman–Crippen LogP) is 0.353. The van der Waals surface area contributed by atoms with Crippen molar-refractivity contribution in [1.29, 1.82) is 5.26 Å². The molecular weight excluding hydrogens is 294 g/mol. The van der Waals surface area contributed by atoms with E-state index in [1.165, 1.54) is 18.2 Å². The number of nitrogen functional groups attached to an aromatic ring is 1. The molecule has 21 heavy (non-hydrogen) atoms. The van der Waals surface area contributed by atoms with Gasteiger partial charge in [-0.1, -0.05) is 5.16 Å². The van der Waals surface area contributed by atoms with Crippen molar-refractivity contribution < 1.29 is 12.9 Å². The fourth-order valence-corrected chi connectivity index (χ4v) is 2.82. The molecule has 0 atom stereocenters. The van der Waals surface area contributed by atoms with Crippen LogP contribution < -0.4 is 10.5 Å². The molecule has 1 aromatic heterocycles. The number of hydrogen-bond donors (Lipinski definition) is 2. The molecule has 110 valence electrons. The molecule has 8 nitrogen and oxygen atoms in total. The second-order valence-corrected chi connectivity index (χ2v) is 5.98. The summed E-state index contributed by atoms with van der Waals surface area (Å²) in [7, 11) is -3.75. The first-order valence-corrected chi connectivity index (χ1v) is 7.49. The molecule has 2 aromatic rings. The van der Waals surface area contributed by atoms with Crippen LogP contribution in [0.4, 0.5) is 5.69 Å². The lowest BCUT2D eigenvalue weighted by atomic mass is 10.2. The SMILES string of the molecule is Cc1noc(CCNS(=O)(=O)c2ccc(C#N)cc2N)n1. The van der Waals surface area contributed by atoms with Crippen LogP contribution in [0.2, 0.25) is 0 Å². The molecule has 0 radical (unpaired) electrons. The highest BCUT2D eigenvalue weighted by molar-refractivity contribution is 7.89. The fraction of sp³-hybridized carbons (Fsp3) is 0.250. The van der Waals surface area contributed by atoms with E-state index in [9.17, 15) is 8.42 Å². The van der Waals surface area contributed by atoms with Gasteiger partial charge in [-0.3, -0.25) is 0 Å². The lowest BCUT2D eigenvalue weighted by Crippen LogP contribution is -2.26. The number of benzene rings is 1. The highest BCUT2D eigenvalue weighted by atomic mass is 32.2. The predicted molar refractivity (Wildman–Crippen MR) is 73.5 cm³/mol. The first-order chi connectivity index (χ1) is 9.92. The molecule has 0 aliphatic rings. The van der Waals surface area contributed by atoms with Crippen molar-refractivity contribution in [3.05, 3.63) is 35.5 Å². The van der Waals surface area contributed by atoms with Gasteiger partial charge in [-0.25, -0.2) is 13.1 Å². The number of anilines is 1. The van der Waals surface area contributed by atoms with Crippen molar-refractivity contribution in [1.82, 2.24) is 14.9 Å². The summed E-state index contributed by atoms with van der Waals surface area (Å²) in [6, 6.07) is 5.90. The smallest absolute Gasteiger partial charge is 0.242 e.